The van der Waals surface area contributed by atoms with Crippen molar-refractivity contribution in [1.82, 2.24) is 14.5 Å². The first-order valence-electron chi connectivity index (χ1n) is 9.38. The zero-order valence-electron chi connectivity index (χ0n) is 14.8. The third kappa shape index (κ3) is 4.11. The molecular formula is C20H24F3N3. The minimum absolute atomic E-state index is 0.409. The van der Waals surface area contributed by atoms with E-state index in [1.807, 2.05) is 6.20 Å². The zero-order valence-corrected chi connectivity index (χ0v) is 14.8. The quantitative estimate of drug-likeness (QED) is 0.768. The van der Waals surface area contributed by atoms with Crippen molar-refractivity contribution in [2.24, 2.45) is 5.92 Å². The molecule has 0 radical (unpaired) electrons. The Morgan fingerprint density at radius 1 is 1.08 bits per heavy atom. The summed E-state index contributed by atoms with van der Waals surface area (Å²) in [5.41, 5.74) is 0.347. The third-order valence-electron chi connectivity index (χ3n) is 5.46. The van der Waals surface area contributed by atoms with Gasteiger partial charge in [0, 0.05) is 37.9 Å². The van der Waals surface area contributed by atoms with Gasteiger partial charge in [-0.2, -0.15) is 13.2 Å². The maximum Gasteiger partial charge on any atom is 0.416 e. The Morgan fingerprint density at radius 3 is 2.54 bits per heavy atom. The van der Waals surface area contributed by atoms with Gasteiger partial charge < -0.3 is 4.57 Å². The van der Waals surface area contributed by atoms with Crippen LogP contribution in [-0.2, 0) is 19.3 Å². The molecule has 0 N–H and O–H groups in total. The Hall–Kier alpha value is -1.82. The lowest BCUT2D eigenvalue weighted by molar-refractivity contribution is -0.137. The van der Waals surface area contributed by atoms with Gasteiger partial charge >= 0.3 is 6.18 Å². The van der Waals surface area contributed by atoms with E-state index in [-0.39, 0.29) is 0 Å². The summed E-state index contributed by atoms with van der Waals surface area (Å²) in [5.74, 6) is 2.40. The van der Waals surface area contributed by atoms with Crippen molar-refractivity contribution in [3.63, 3.8) is 0 Å². The van der Waals surface area contributed by atoms with Gasteiger partial charge in [-0.15, -0.1) is 0 Å². The van der Waals surface area contributed by atoms with Crippen LogP contribution < -0.4 is 0 Å². The molecule has 0 spiro atoms. The molecule has 1 atom stereocenters. The molecule has 4 rings (SSSR count). The fraction of sp³-hybridized carbons (Fsp3) is 0.550. The van der Waals surface area contributed by atoms with E-state index in [1.54, 1.807) is 12.1 Å². The number of nitrogens with zero attached hydrogens (tertiary/aromatic N) is 3. The van der Waals surface area contributed by atoms with Crippen LogP contribution in [0.15, 0.2) is 36.7 Å². The highest BCUT2D eigenvalue weighted by Crippen LogP contribution is 2.33. The van der Waals surface area contributed by atoms with Crippen LogP contribution in [0.3, 0.4) is 0 Å². The Morgan fingerprint density at radius 2 is 1.85 bits per heavy atom. The molecule has 1 aromatic heterocycles. The summed E-state index contributed by atoms with van der Waals surface area (Å²) in [7, 11) is 0. The molecule has 0 unspecified atom stereocenters. The van der Waals surface area contributed by atoms with Crippen LogP contribution in [0.2, 0.25) is 0 Å². The monoisotopic (exact) mass is 363 g/mol. The maximum absolute atomic E-state index is 12.7. The Kier molecular flexibility index (Phi) is 4.78. The van der Waals surface area contributed by atoms with Crippen molar-refractivity contribution >= 4 is 0 Å². The molecule has 1 saturated carbocycles. The summed E-state index contributed by atoms with van der Waals surface area (Å²) in [4.78, 5) is 6.95. The normalized spacial score (nSPS) is 21.9. The van der Waals surface area contributed by atoms with Gasteiger partial charge in [-0.25, -0.2) is 4.98 Å². The van der Waals surface area contributed by atoms with E-state index in [4.69, 9.17) is 0 Å². The smallest absolute Gasteiger partial charge is 0.334 e. The van der Waals surface area contributed by atoms with E-state index in [0.29, 0.717) is 12.5 Å². The average Bonchev–Trinajstić information content (AvgIpc) is 3.30. The van der Waals surface area contributed by atoms with Crippen molar-refractivity contribution in [3.05, 3.63) is 53.6 Å². The van der Waals surface area contributed by atoms with Gasteiger partial charge in [-0.1, -0.05) is 12.1 Å². The number of benzene rings is 1. The van der Waals surface area contributed by atoms with Crippen molar-refractivity contribution < 1.29 is 13.2 Å². The van der Waals surface area contributed by atoms with Gasteiger partial charge in [-0.05, 0) is 55.8 Å². The number of halogens is 3. The van der Waals surface area contributed by atoms with Crippen LogP contribution in [0.1, 0.15) is 48.6 Å². The van der Waals surface area contributed by atoms with E-state index < -0.39 is 11.7 Å². The number of hydrogen-bond donors (Lipinski definition) is 0. The van der Waals surface area contributed by atoms with E-state index in [9.17, 15) is 13.2 Å². The molecule has 2 aliphatic rings. The van der Waals surface area contributed by atoms with Gasteiger partial charge in [0.25, 0.3) is 0 Å². The van der Waals surface area contributed by atoms with Crippen molar-refractivity contribution in [2.45, 2.75) is 50.9 Å². The van der Waals surface area contributed by atoms with Gasteiger partial charge in [0.1, 0.15) is 5.82 Å². The molecule has 1 aliphatic carbocycles. The predicted molar refractivity (Wildman–Crippen MR) is 93.6 cm³/mol. The second-order valence-corrected chi connectivity index (χ2v) is 7.65. The molecule has 1 saturated heterocycles. The SMILES string of the molecule is FC(F)(F)c1ccc(CN2CCC[C@H](c3nccn3CC3CC3)C2)cc1. The number of rotatable bonds is 5. The van der Waals surface area contributed by atoms with Crippen LogP contribution in [0.4, 0.5) is 13.2 Å². The van der Waals surface area contributed by atoms with Gasteiger partial charge in [-0.3, -0.25) is 4.90 Å². The first-order chi connectivity index (χ1) is 12.5. The third-order valence-corrected chi connectivity index (χ3v) is 5.46. The Balaban J connectivity index is 1.40. The molecule has 26 heavy (non-hydrogen) atoms. The maximum atomic E-state index is 12.7. The topological polar surface area (TPSA) is 21.1 Å². The van der Waals surface area contributed by atoms with Crippen LogP contribution in [0.25, 0.3) is 0 Å². The fourth-order valence-electron chi connectivity index (χ4n) is 3.88. The van der Waals surface area contributed by atoms with Crippen molar-refractivity contribution in [1.29, 1.82) is 0 Å². The zero-order chi connectivity index (χ0) is 18.1. The molecule has 0 amide bonds. The van der Waals surface area contributed by atoms with Crippen LogP contribution >= 0.6 is 0 Å². The highest BCUT2D eigenvalue weighted by molar-refractivity contribution is 5.24. The summed E-state index contributed by atoms with van der Waals surface area (Å²) in [5, 5.41) is 0. The van der Waals surface area contributed by atoms with E-state index in [1.165, 1.54) is 30.8 Å². The Labute approximate surface area is 151 Å². The minimum atomic E-state index is -4.27. The average molecular weight is 363 g/mol. The summed E-state index contributed by atoms with van der Waals surface area (Å²) in [6.45, 7) is 3.67. The lowest BCUT2D eigenvalue weighted by Crippen LogP contribution is -2.35. The van der Waals surface area contributed by atoms with Gasteiger partial charge in [0.05, 0.1) is 5.56 Å². The molecule has 1 aliphatic heterocycles. The van der Waals surface area contributed by atoms with E-state index in [2.05, 4.69) is 20.6 Å². The number of imidazole rings is 1. The molecular weight excluding hydrogens is 339 g/mol. The van der Waals surface area contributed by atoms with Crippen LogP contribution in [-0.4, -0.2) is 27.5 Å². The lowest BCUT2D eigenvalue weighted by atomic mass is 9.96. The second kappa shape index (κ2) is 7.06. The van der Waals surface area contributed by atoms with Crippen LogP contribution in [0, 0.1) is 5.92 Å². The summed E-state index contributed by atoms with van der Waals surface area (Å²) < 4.78 is 40.4. The van der Waals surface area contributed by atoms with Crippen LogP contribution in [0.5, 0.6) is 0 Å². The molecule has 2 fully saturated rings. The number of aromatic nitrogens is 2. The summed E-state index contributed by atoms with van der Waals surface area (Å²) in [6, 6.07) is 5.55. The van der Waals surface area contributed by atoms with E-state index in [0.717, 1.165) is 44.0 Å². The first kappa shape index (κ1) is 17.6. The van der Waals surface area contributed by atoms with E-state index >= 15 is 0 Å². The standard InChI is InChI=1S/C20H24F3N3/c21-20(22,23)18-7-5-15(6-8-18)12-25-10-1-2-17(14-25)19-24-9-11-26(19)13-16-3-4-16/h5-9,11,16-17H,1-4,10,12-14H2/t17-/m0/s1. The fourth-order valence-corrected chi connectivity index (χ4v) is 3.88. The van der Waals surface area contributed by atoms with Crippen molar-refractivity contribution in [3.8, 4) is 0 Å². The molecule has 2 aromatic rings. The molecule has 0 bridgehead atoms. The lowest BCUT2D eigenvalue weighted by Gasteiger charge is -2.32. The number of hydrogen-bond acceptors (Lipinski definition) is 2. The first-order valence-corrected chi connectivity index (χ1v) is 9.38. The predicted octanol–water partition coefficient (Wildman–Crippen LogP) is 4.69. The highest BCUT2D eigenvalue weighted by atomic mass is 19.4. The minimum Gasteiger partial charge on any atom is -0.334 e. The largest absolute Gasteiger partial charge is 0.416 e. The highest BCUT2D eigenvalue weighted by Gasteiger charge is 2.30. The number of piperidine rings is 1. The second-order valence-electron chi connectivity index (χ2n) is 7.65. The molecule has 2 heterocycles. The molecule has 3 nitrogen and oxygen atoms in total. The van der Waals surface area contributed by atoms with Crippen molar-refractivity contribution in [2.75, 3.05) is 13.1 Å². The molecule has 1 aromatic carbocycles. The molecule has 140 valence electrons. The Bertz CT molecular complexity index is 732. The van der Waals surface area contributed by atoms with Gasteiger partial charge in [0.15, 0.2) is 0 Å². The summed E-state index contributed by atoms with van der Waals surface area (Å²) >= 11 is 0. The molecule has 6 heteroatoms. The summed E-state index contributed by atoms with van der Waals surface area (Å²) in [6.07, 6.45) is 4.58. The van der Waals surface area contributed by atoms with Gasteiger partial charge in [0.2, 0.25) is 0 Å². The number of alkyl halides is 3. The number of likely N-dealkylation sites (tertiary alicyclic amines) is 1.